The van der Waals surface area contributed by atoms with E-state index in [-0.39, 0.29) is 11.5 Å². The Morgan fingerprint density at radius 2 is 1.86 bits per heavy atom. The Morgan fingerprint density at radius 1 is 1.14 bits per heavy atom. The average Bonchev–Trinajstić information content (AvgIpc) is 2.74. The molecule has 2 aromatic rings. The summed E-state index contributed by atoms with van der Waals surface area (Å²) in [7, 11) is 3.31. The van der Waals surface area contributed by atoms with Crippen LogP contribution in [0.5, 0.6) is 11.5 Å². The summed E-state index contributed by atoms with van der Waals surface area (Å²) in [6.07, 6.45) is 4.04. The molecule has 0 aliphatic carbocycles. The summed E-state index contributed by atoms with van der Waals surface area (Å²) in [4.78, 5) is 19.0. The number of hydrogen-bond donors (Lipinski definition) is 0. The lowest BCUT2D eigenvalue weighted by Gasteiger charge is -2.45. The van der Waals surface area contributed by atoms with Gasteiger partial charge in [-0.05, 0) is 61.6 Å². The van der Waals surface area contributed by atoms with Crippen molar-refractivity contribution < 1.29 is 19.0 Å². The second-order valence-corrected chi connectivity index (χ2v) is 7.44. The van der Waals surface area contributed by atoms with Crippen molar-refractivity contribution in [2.75, 3.05) is 33.9 Å². The van der Waals surface area contributed by atoms with Crippen LogP contribution in [0.3, 0.4) is 0 Å². The molecule has 28 heavy (non-hydrogen) atoms. The third-order valence-corrected chi connectivity index (χ3v) is 5.87. The van der Waals surface area contributed by atoms with E-state index in [0.717, 1.165) is 36.5 Å². The average molecular weight is 382 g/mol. The highest BCUT2D eigenvalue weighted by atomic mass is 16.5. The molecule has 0 bridgehead atoms. The number of amides is 1. The monoisotopic (exact) mass is 382 g/mol. The van der Waals surface area contributed by atoms with E-state index in [4.69, 9.17) is 14.2 Å². The highest BCUT2D eigenvalue weighted by Gasteiger charge is 2.42. The first-order valence-corrected chi connectivity index (χ1v) is 9.67. The van der Waals surface area contributed by atoms with Gasteiger partial charge in [0.15, 0.2) is 11.5 Å². The number of carbonyl (C=O) groups excluding carboxylic acids is 1. The molecular formula is C22H26N2O4. The van der Waals surface area contributed by atoms with E-state index in [1.165, 1.54) is 11.1 Å². The first kappa shape index (κ1) is 18.7. The molecule has 0 N–H and O–H groups in total. The van der Waals surface area contributed by atoms with Gasteiger partial charge in [0.2, 0.25) is 0 Å². The van der Waals surface area contributed by atoms with E-state index < -0.39 is 0 Å². The molecule has 1 amide bonds. The van der Waals surface area contributed by atoms with Crippen molar-refractivity contribution in [1.29, 1.82) is 0 Å². The molecule has 1 fully saturated rings. The lowest BCUT2D eigenvalue weighted by Crippen LogP contribution is -2.48. The molecule has 148 valence electrons. The Balaban J connectivity index is 1.56. The van der Waals surface area contributed by atoms with Gasteiger partial charge in [-0.3, -0.25) is 9.78 Å². The van der Waals surface area contributed by atoms with Gasteiger partial charge in [0.1, 0.15) is 0 Å². The van der Waals surface area contributed by atoms with E-state index >= 15 is 0 Å². The van der Waals surface area contributed by atoms with Crippen molar-refractivity contribution in [3.05, 3.63) is 52.8 Å². The summed E-state index contributed by atoms with van der Waals surface area (Å²) in [5.41, 5.74) is 3.59. The molecular weight excluding hydrogens is 356 g/mol. The van der Waals surface area contributed by atoms with Gasteiger partial charge >= 0.3 is 0 Å². The zero-order valence-corrected chi connectivity index (χ0v) is 16.7. The number of ether oxygens (including phenoxy) is 3. The van der Waals surface area contributed by atoms with E-state index in [9.17, 15) is 4.79 Å². The maximum Gasteiger partial charge on any atom is 0.255 e. The number of rotatable bonds is 3. The quantitative estimate of drug-likeness (QED) is 0.816. The minimum absolute atomic E-state index is 0.0331. The number of benzene rings is 1. The Bertz CT molecular complexity index is 871. The number of likely N-dealkylation sites (tertiary alicyclic amines) is 1. The second-order valence-electron chi connectivity index (χ2n) is 7.44. The predicted molar refractivity (Wildman–Crippen MR) is 105 cm³/mol. The molecule has 6 heteroatoms. The molecule has 1 spiro atoms. The summed E-state index contributed by atoms with van der Waals surface area (Å²) in [5, 5.41) is 0. The van der Waals surface area contributed by atoms with Crippen LogP contribution in [0.15, 0.2) is 30.5 Å². The highest BCUT2D eigenvalue weighted by Crippen LogP contribution is 2.45. The molecule has 4 rings (SSSR count). The molecule has 2 aliphatic rings. The number of pyridine rings is 1. The van der Waals surface area contributed by atoms with Crippen LogP contribution < -0.4 is 9.47 Å². The van der Waals surface area contributed by atoms with E-state index in [1.807, 2.05) is 24.0 Å². The molecule has 1 aromatic heterocycles. The summed E-state index contributed by atoms with van der Waals surface area (Å²) >= 11 is 0. The molecule has 0 saturated carbocycles. The van der Waals surface area contributed by atoms with Crippen LogP contribution in [-0.2, 0) is 16.8 Å². The number of fused-ring (bicyclic) bond motifs is 2. The van der Waals surface area contributed by atoms with Gasteiger partial charge in [-0.2, -0.15) is 0 Å². The standard InChI is InChI=1S/C22H26N2O4/c1-15-4-5-17(14-23-15)21(25)24-9-7-22(8-10-24)18-13-20(27-3)19(26-2)12-16(18)6-11-28-22/h4-5,12-14H,6-11H2,1-3H3. The lowest BCUT2D eigenvalue weighted by atomic mass is 9.79. The molecule has 1 saturated heterocycles. The largest absolute Gasteiger partial charge is 0.493 e. The van der Waals surface area contributed by atoms with Gasteiger partial charge in [0, 0.05) is 25.0 Å². The fraction of sp³-hybridized carbons (Fsp3) is 0.455. The molecule has 6 nitrogen and oxygen atoms in total. The normalized spacial score (nSPS) is 17.9. The van der Waals surface area contributed by atoms with E-state index in [1.54, 1.807) is 20.4 Å². The minimum atomic E-state index is -0.366. The van der Waals surface area contributed by atoms with Gasteiger partial charge in [-0.15, -0.1) is 0 Å². The Labute approximate surface area is 165 Å². The van der Waals surface area contributed by atoms with Crippen LogP contribution in [-0.4, -0.2) is 49.7 Å². The SMILES string of the molecule is COc1cc2c(cc1OC)C1(CCN(C(=O)c3ccc(C)nc3)CC1)OCC2. The van der Waals surface area contributed by atoms with Crippen molar-refractivity contribution in [1.82, 2.24) is 9.88 Å². The Morgan fingerprint density at radius 3 is 2.50 bits per heavy atom. The first-order valence-electron chi connectivity index (χ1n) is 9.67. The lowest BCUT2D eigenvalue weighted by molar-refractivity contribution is -0.0936. The molecule has 2 aliphatic heterocycles. The molecule has 1 aromatic carbocycles. The fourth-order valence-corrected chi connectivity index (χ4v) is 4.25. The number of nitrogens with zero attached hydrogens (tertiary/aromatic N) is 2. The summed E-state index contributed by atoms with van der Waals surface area (Å²) in [6.45, 7) is 3.90. The van der Waals surface area contributed by atoms with E-state index in [0.29, 0.717) is 25.3 Å². The van der Waals surface area contributed by atoms with Crippen LogP contribution in [0.1, 0.15) is 40.0 Å². The smallest absolute Gasteiger partial charge is 0.255 e. The first-order chi connectivity index (χ1) is 13.6. The van der Waals surface area contributed by atoms with Crippen LogP contribution in [0.4, 0.5) is 0 Å². The van der Waals surface area contributed by atoms with E-state index in [2.05, 4.69) is 17.1 Å². The number of methoxy groups -OCH3 is 2. The van der Waals surface area contributed by atoms with Crippen molar-refractivity contribution in [3.63, 3.8) is 0 Å². The molecule has 0 radical (unpaired) electrons. The Hall–Kier alpha value is -2.60. The van der Waals surface area contributed by atoms with Gasteiger partial charge in [0.25, 0.3) is 5.91 Å². The molecule has 0 unspecified atom stereocenters. The zero-order chi connectivity index (χ0) is 19.7. The van der Waals surface area contributed by atoms with Crippen LogP contribution >= 0.6 is 0 Å². The molecule has 3 heterocycles. The zero-order valence-electron chi connectivity index (χ0n) is 16.7. The van der Waals surface area contributed by atoms with Crippen molar-refractivity contribution in [2.24, 2.45) is 0 Å². The summed E-state index contributed by atoms with van der Waals surface area (Å²) in [5.74, 6) is 1.50. The Kier molecular flexibility index (Phi) is 4.98. The second kappa shape index (κ2) is 7.43. The van der Waals surface area contributed by atoms with Crippen LogP contribution in [0.25, 0.3) is 0 Å². The van der Waals surface area contributed by atoms with Crippen LogP contribution in [0.2, 0.25) is 0 Å². The maximum absolute atomic E-state index is 12.8. The van der Waals surface area contributed by atoms with Gasteiger partial charge in [0.05, 0.1) is 32.0 Å². The van der Waals surface area contributed by atoms with Crippen molar-refractivity contribution in [2.45, 2.75) is 31.8 Å². The van der Waals surface area contributed by atoms with Gasteiger partial charge in [-0.1, -0.05) is 0 Å². The van der Waals surface area contributed by atoms with Gasteiger partial charge < -0.3 is 19.1 Å². The number of piperidine rings is 1. The number of aromatic nitrogens is 1. The topological polar surface area (TPSA) is 60.9 Å². The maximum atomic E-state index is 12.8. The number of hydrogen-bond acceptors (Lipinski definition) is 5. The third kappa shape index (κ3) is 3.22. The number of aryl methyl sites for hydroxylation is 1. The minimum Gasteiger partial charge on any atom is -0.493 e. The summed E-state index contributed by atoms with van der Waals surface area (Å²) in [6, 6.07) is 7.83. The number of carbonyl (C=O) groups is 1. The van der Waals surface area contributed by atoms with Crippen LogP contribution in [0, 0.1) is 6.92 Å². The third-order valence-electron chi connectivity index (χ3n) is 5.87. The van der Waals surface area contributed by atoms with Crippen molar-refractivity contribution >= 4 is 5.91 Å². The van der Waals surface area contributed by atoms with Crippen molar-refractivity contribution in [3.8, 4) is 11.5 Å². The van der Waals surface area contributed by atoms with Gasteiger partial charge in [-0.25, -0.2) is 0 Å². The predicted octanol–water partition coefficient (Wildman–Crippen LogP) is 3.11. The fourth-order valence-electron chi connectivity index (χ4n) is 4.25. The highest BCUT2D eigenvalue weighted by molar-refractivity contribution is 5.94. The summed E-state index contributed by atoms with van der Waals surface area (Å²) < 4.78 is 17.3. The molecule has 0 atom stereocenters.